The molecule has 1 aromatic heterocycles. The molecule has 0 saturated carbocycles. The van der Waals surface area contributed by atoms with E-state index >= 15 is 0 Å². The highest BCUT2D eigenvalue weighted by Crippen LogP contribution is 2.26. The molecule has 1 amide bonds. The number of nitrogens with zero attached hydrogens (tertiary/aromatic N) is 3. The molecule has 0 unspecified atom stereocenters. The largest absolute Gasteiger partial charge is 0.497 e. The summed E-state index contributed by atoms with van der Waals surface area (Å²) in [5.74, 6) is 1.83. The van der Waals surface area contributed by atoms with Gasteiger partial charge in [-0.2, -0.15) is 0 Å². The van der Waals surface area contributed by atoms with Crippen LogP contribution in [-0.4, -0.2) is 60.0 Å². The van der Waals surface area contributed by atoms with Gasteiger partial charge in [-0.05, 0) is 61.0 Å². The Bertz CT molecular complexity index is 1070. The van der Waals surface area contributed by atoms with Gasteiger partial charge in [0.25, 0.3) is 5.91 Å². The van der Waals surface area contributed by atoms with E-state index in [1.165, 1.54) is 25.5 Å². The van der Waals surface area contributed by atoms with Crippen LogP contribution in [0.25, 0.3) is 10.8 Å². The fourth-order valence-corrected chi connectivity index (χ4v) is 4.34. The van der Waals surface area contributed by atoms with Gasteiger partial charge in [0, 0.05) is 19.1 Å². The summed E-state index contributed by atoms with van der Waals surface area (Å²) < 4.78 is 16.6. The molecule has 3 heterocycles. The van der Waals surface area contributed by atoms with E-state index in [2.05, 4.69) is 9.88 Å². The minimum atomic E-state index is -0.0685. The molecule has 0 spiro atoms. The van der Waals surface area contributed by atoms with Crippen molar-refractivity contribution in [2.75, 3.05) is 33.3 Å². The standard InChI is InChI=1S/C24H27N3O4/c1-29-20-7-5-17-6-8-21(12-18(17)11-20)30-16-23-25-22(15-31-23)24(28)27-13-19(14-27)26-9-3-2-4-10-26/h5-8,11-12,15,19H,2-4,9-10,13-14,16H2,1H3. The van der Waals surface area contributed by atoms with Gasteiger partial charge in [0.1, 0.15) is 17.8 Å². The van der Waals surface area contributed by atoms with Crippen molar-refractivity contribution in [1.29, 1.82) is 0 Å². The Labute approximate surface area is 181 Å². The van der Waals surface area contributed by atoms with Gasteiger partial charge in [0.2, 0.25) is 5.89 Å². The lowest BCUT2D eigenvalue weighted by molar-refractivity contribution is 0.0199. The topological polar surface area (TPSA) is 68.0 Å². The maximum atomic E-state index is 12.7. The highest BCUT2D eigenvalue weighted by atomic mass is 16.5. The Morgan fingerprint density at radius 3 is 2.58 bits per heavy atom. The first-order valence-electron chi connectivity index (χ1n) is 10.9. The van der Waals surface area contributed by atoms with Crippen LogP contribution in [-0.2, 0) is 6.61 Å². The SMILES string of the molecule is COc1ccc2ccc(OCc3nc(C(=O)N4CC(N5CCCCC5)C4)co3)cc2c1. The minimum Gasteiger partial charge on any atom is -0.497 e. The Balaban J connectivity index is 1.16. The predicted molar refractivity (Wildman–Crippen MR) is 116 cm³/mol. The molecule has 7 nitrogen and oxygen atoms in total. The third-order valence-electron chi connectivity index (χ3n) is 6.21. The molecule has 2 fully saturated rings. The zero-order valence-corrected chi connectivity index (χ0v) is 17.8. The number of aromatic nitrogens is 1. The highest BCUT2D eigenvalue weighted by Gasteiger charge is 2.36. The molecule has 0 aliphatic carbocycles. The van der Waals surface area contributed by atoms with Crippen molar-refractivity contribution in [3.63, 3.8) is 0 Å². The summed E-state index contributed by atoms with van der Waals surface area (Å²) in [6.45, 7) is 4.02. The predicted octanol–water partition coefficient (Wildman–Crippen LogP) is 3.73. The lowest BCUT2D eigenvalue weighted by Crippen LogP contribution is -2.61. The number of benzene rings is 2. The number of fused-ring (bicyclic) bond motifs is 1. The number of piperidine rings is 1. The molecule has 0 atom stereocenters. The van der Waals surface area contributed by atoms with Crippen molar-refractivity contribution in [1.82, 2.24) is 14.8 Å². The third-order valence-corrected chi connectivity index (χ3v) is 6.21. The number of oxazole rings is 1. The molecule has 2 aliphatic rings. The van der Waals surface area contributed by atoms with Gasteiger partial charge < -0.3 is 18.8 Å². The van der Waals surface area contributed by atoms with E-state index in [1.807, 2.05) is 41.3 Å². The third kappa shape index (κ3) is 4.23. The van der Waals surface area contributed by atoms with Crippen LogP contribution in [0.5, 0.6) is 11.5 Å². The van der Waals surface area contributed by atoms with Gasteiger partial charge in [0.05, 0.1) is 7.11 Å². The van der Waals surface area contributed by atoms with E-state index in [0.29, 0.717) is 23.4 Å². The summed E-state index contributed by atoms with van der Waals surface area (Å²) in [6.07, 6.45) is 5.28. The van der Waals surface area contributed by atoms with E-state index in [1.54, 1.807) is 7.11 Å². The van der Waals surface area contributed by atoms with Crippen molar-refractivity contribution in [3.05, 3.63) is 54.2 Å². The Hall–Kier alpha value is -3.06. The number of methoxy groups -OCH3 is 1. The summed E-state index contributed by atoms with van der Waals surface area (Å²) >= 11 is 0. The van der Waals surface area contributed by atoms with Crippen molar-refractivity contribution < 1.29 is 18.7 Å². The summed E-state index contributed by atoms with van der Waals surface area (Å²) in [6, 6.07) is 12.3. The summed E-state index contributed by atoms with van der Waals surface area (Å²) in [5, 5.41) is 2.13. The van der Waals surface area contributed by atoms with Crippen molar-refractivity contribution >= 4 is 16.7 Å². The van der Waals surface area contributed by atoms with Crippen LogP contribution in [0.3, 0.4) is 0 Å². The molecule has 0 N–H and O–H groups in total. The number of carbonyl (C=O) groups excluding carboxylic acids is 1. The van der Waals surface area contributed by atoms with Gasteiger partial charge in [0.15, 0.2) is 12.3 Å². The Morgan fingerprint density at radius 1 is 1.06 bits per heavy atom. The van der Waals surface area contributed by atoms with E-state index < -0.39 is 0 Å². The number of carbonyl (C=O) groups is 1. The Kier molecular flexibility index (Phi) is 5.51. The zero-order valence-electron chi connectivity index (χ0n) is 17.8. The maximum absolute atomic E-state index is 12.7. The first-order valence-corrected chi connectivity index (χ1v) is 10.9. The van der Waals surface area contributed by atoms with Gasteiger partial charge in [-0.15, -0.1) is 0 Å². The van der Waals surface area contributed by atoms with Crippen LogP contribution in [0, 0.1) is 0 Å². The zero-order chi connectivity index (χ0) is 21.2. The van der Waals surface area contributed by atoms with Crippen molar-refractivity contribution in [2.45, 2.75) is 31.9 Å². The number of amides is 1. The molecule has 31 heavy (non-hydrogen) atoms. The van der Waals surface area contributed by atoms with Gasteiger partial charge in [-0.25, -0.2) is 4.98 Å². The van der Waals surface area contributed by atoms with E-state index in [-0.39, 0.29) is 12.5 Å². The lowest BCUT2D eigenvalue weighted by Gasteiger charge is -2.46. The van der Waals surface area contributed by atoms with Crippen LogP contribution in [0.15, 0.2) is 47.1 Å². The lowest BCUT2D eigenvalue weighted by atomic mass is 10.0. The van der Waals surface area contributed by atoms with Crippen LogP contribution in [0.1, 0.15) is 35.6 Å². The van der Waals surface area contributed by atoms with Crippen LogP contribution in [0.2, 0.25) is 0 Å². The summed E-state index contributed by atoms with van der Waals surface area (Å²) in [5.41, 5.74) is 0.346. The molecular formula is C24H27N3O4. The number of ether oxygens (including phenoxy) is 2. The second-order valence-electron chi connectivity index (χ2n) is 8.25. The van der Waals surface area contributed by atoms with Crippen LogP contribution in [0.4, 0.5) is 0 Å². The quantitative estimate of drug-likeness (QED) is 0.604. The van der Waals surface area contributed by atoms with Gasteiger partial charge in [-0.3, -0.25) is 9.69 Å². The smallest absolute Gasteiger partial charge is 0.275 e. The average Bonchev–Trinajstić information content (AvgIpc) is 3.26. The summed E-state index contributed by atoms with van der Waals surface area (Å²) in [7, 11) is 1.65. The normalized spacial score (nSPS) is 17.5. The minimum absolute atomic E-state index is 0.0685. The maximum Gasteiger partial charge on any atom is 0.275 e. The first-order chi connectivity index (χ1) is 15.2. The monoisotopic (exact) mass is 421 g/mol. The highest BCUT2D eigenvalue weighted by molar-refractivity contribution is 5.92. The number of likely N-dealkylation sites (tertiary alicyclic amines) is 2. The molecule has 2 saturated heterocycles. The molecular weight excluding hydrogens is 394 g/mol. The number of hydrogen-bond acceptors (Lipinski definition) is 6. The second-order valence-corrected chi connectivity index (χ2v) is 8.25. The van der Waals surface area contributed by atoms with Crippen molar-refractivity contribution in [3.8, 4) is 11.5 Å². The fourth-order valence-electron chi connectivity index (χ4n) is 4.34. The van der Waals surface area contributed by atoms with Crippen LogP contribution >= 0.6 is 0 Å². The molecule has 2 aliphatic heterocycles. The number of rotatable bonds is 6. The first kappa shape index (κ1) is 19.9. The average molecular weight is 421 g/mol. The molecule has 2 aromatic carbocycles. The fraction of sp³-hybridized carbons (Fsp3) is 0.417. The van der Waals surface area contributed by atoms with Gasteiger partial charge >= 0.3 is 0 Å². The molecule has 0 bridgehead atoms. The molecule has 3 aromatic rings. The summed E-state index contributed by atoms with van der Waals surface area (Å²) in [4.78, 5) is 21.4. The van der Waals surface area contributed by atoms with E-state index in [4.69, 9.17) is 13.9 Å². The van der Waals surface area contributed by atoms with Crippen molar-refractivity contribution in [2.24, 2.45) is 0 Å². The number of hydrogen-bond donors (Lipinski definition) is 0. The molecule has 5 rings (SSSR count). The Morgan fingerprint density at radius 2 is 1.81 bits per heavy atom. The van der Waals surface area contributed by atoms with E-state index in [9.17, 15) is 4.79 Å². The van der Waals surface area contributed by atoms with Crippen LogP contribution < -0.4 is 9.47 Å². The molecule has 0 radical (unpaired) electrons. The van der Waals surface area contributed by atoms with E-state index in [0.717, 1.165) is 42.7 Å². The van der Waals surface area contributed by atoms with Gasteiger partial charge in [-0.1, -0.05) is 18.6 Å². The second kappa shape index (κ2) is 8.59. The molecule has 162 valence electrons. The molecule has 7 heteroatoms.